The quantitative estimate of drug-likeness (QED) is 0.836. The van der Waals surface area contributed by atoms with Crippen LogP contribution in [0.1, 0.15) is 24.8 Å². The number of carbonyl (C=O) groups is 1. The van der Waals surface area contributed by atoms with Crippen molar-refractivity contribution in [1.29, 1.82) is 0 Å². The zero-order chi connectivity index (χ0) is 18.9. The predicted octanol–water partition coefficient (Wildman–Crippen LogP) is 1.70. The molecule has 0 saturated carbocycles. The van der Waals surface area contributed by atoms with Gasteiger partial charge in [-0.05, 0) is 50.6 Å². The average Bonchev–Trinajstić information content (AvgIpc) is 2.58. The van der Waals surface area contributed by atoms with Crippen molar-refractivity contribution in [3.63, 3.8) is 0 Å². The monoisotopic (exact) mass is 399 g/mol. The maximum atomic E-state index is 13.2. The molecule has 2 saturated heterocycles. The second-order valence-corrected chi connectivity index (χ2v) is 9.85. The SMILES string of the molecule is CN1CC[C@]2(C(=O)NCc3cccc(Cl)c3)CCCN(S(C)(=O)=O)[C@@H]2C1. The Labute approximate surface area is 160 Å². The van der Waals surface area contributed by atoms with Crippen molar-refractivity contribution in [3.05, 3.63) is 34.9 Å². The van der Waals surface area contributed by atoms with Crippen molar-refractivity contribution >= 4 is 27.5 Å². The fourth-order valence-corrected chi connectivity index (χ4v) is 5.67. The minimum atomic E-state index is -3.35. The summed E-state index contributed by atoms with van der Waals surface area (Å²) in [5, 5.41) is 3.67. The third-order valence-corrected chi connectivity index (χ3v) is 7.16. The number of nitrogens with zero attached hydrogens (tertiary/aromatic N) is 2. The van der Waals surface area contributed by atoms with Gasteiger partial charge in [-0.1, -0.05) is 23.7 Å². The molecule has 3 rings (SSSR count). The largest absolute Gasteiger partial charge is 0.351 e. The Morgan fingerprint density at radius 2 is 2.12 bits per heavy atom. The van der Waals surface area contributed by atoms with Crippen LogP contribution in [0.5, 0.6) is 0 Å². The topological polar surface area (TPSA) is 69.7 Å². The van der Waals surface area contributed by atoms with E-state index in [2.05, 4.69) is 10.2 Å². The fraction of sp³-hybridized carbons (Fsp3) is 0.611. The first-order chi connectivity index (χ1) is 12.2. The maximum absolute atomic E-state index is 13.2. The van der Waals surface area contributed by atoms with Crippen LogP contribution in [0.3, 0.4) is 0 Å². The number of amides is 1. The molecule has 0 bridgehead atoms. The van der Waals surface area contributed by atoms with Crippen molar-refractivity contribution in [1.82, 2.24) is 14.5 Å². The first-order valence-corrected chi connectivity index (χ1v) is 11.1. The Morgan fingerprint density at radius 1 is 1.35 bits per heavy atom. The minimum absolute atomic E-state index is 0.0519. The van der Waals surface area contributed by atoms with Crippen LogP contribution >= 0.6 is 11.6 Å². The summed E-state index contributed by atoms with van der Waals surface area (Å²) in [4.78, 5) is 15.3. The number of rotatable bonds is 4. The Hall–Kier alpha value is -1.15. The second kappa shape index (κ2) is 7.46. The summed E-state index contributed by atoms with van der Waals surface area (Å²) < 4.78 is 26.1. The molecule has 0 radical (unpaired) electrons. The van der Waals surface area contributed by atoms with E-state index in [1.807, 2.05) is 25.2 Å². The van der Waals surface area contributed by atoms with Gasteiger partial charge in [0.15, 0.2) is 0 Å². The van der Waals surface area contributed by atoms with Gasteiger partial charge in [0.25, 0.3) is 0 Å². The summed E-state index contributed by atoms with van der Waals surface area (Å²) in [5.74, 6) is -0.0519. The van der Waals surface area contributed by atoms with Crippen LogP contribution in [-0.4, -0.2) is 62.5 Å². The molecule has 2 heterocycles. The number of fused-ring (bicyclic) bond motifs is 1. The highest BCUT2D eigenvalue weighted by atomic mass is 35.5. The van der Waals surface area contributed by atoms with E-state index < -0.39 is 15.4 Å². The summed E-state index contributed by atoms with van der Waals surface area (Å²) in [6.45, 7) is 2.25. The Morgan fingerprint density at radius 3 is 2.81 bits per heavy atom. The number of likely N-dealkylation sites (N-methyl/N-ethyl adjacent to an activating group) is 1. The Balaban J connectivity index is 1.82. The van der Waals surface area contributed by atoms with E-state index in [9.17, 15) is 13.2 Å². The van der Waals surface area contributed by atoms with Crippen LogP contribution in [-0.2, 0) is 21.4 Å². The molecule has 0 unspecified atom stereocenters. The lowest BCUT2D eigenvalue weighted by molar-refractivity contribution is -0.141. The van der Waals surface area contributed by atoms with Crippen molar-refractivity contribution < 1.29 is 13.2 Å². The van der Waals surface area contributed by atoms with Crippen LogP contribution in [0.2, 0.25) is 5.02 Å². The van der Waals surface area contributed by atoms with Gasteiger partial charge >= 0.3 is 0 Å². The Bertz CT molecular complexity index is 786. The van der Waals surface area contributed by atoms with E-state index in [1.165, 1.54) is 10.6 Å². The van der Waals surface area contributed by atoms with Gasteiger partial charge < -0.3 is 10.2 Å². The molecule has 0 spiro atoms. The number of carbonyl (C=O) groups excluding carboxylic acids is 1. The van der Waals surface area contributed by atoms with E-state index in [0.717, 1.165) is 18.5 Å². The van der Waals surface area contributed by atoms with Crippen LogP contribution in [0, 0.1) is 5.41 Å². The van der Waals surface area contributed by atoms with E-state index >= 15 is 0 Å². The number of likely N-dealkylation sites (tertiary alicyclic amines) is 1. The number of halogens is 1. The zero-order valence-corrected chi connectivity index (χ0v) is 16.8. The summed E-state index contributed by atoms with van der Waals surface area (Å²) >= 11 is 6.01. The molecule has 2 aliphatic rings. The lowest BCUT2D eigenvalue weighted by Gasteiger charge is -2.52. The van der Waals surface area contributed by atoms with Crippen molar-refractivity contribution in [2.24, 2.45) is 5.41 Å². The highest BCUT2D eigenvalue weighted by molar-refractivity contribution is 7.88. The molecule has 2 fully saturated rings. The minimum Gasteiger partial charge on any atom is -0.351 e. The van der Waals surface area contributed by atoms with Crippen molar-refractivity contribution in [2.45, 2.75) is 31.8 Å². The number of nitrogens with one attached hydrogen (secondary N) is 1. The van der Waals surface area contributed by atoms with Gasteiger partial charge in [0.05, 0.1) is 17.7 Å². The Kier molecular flexibility index (Phi) is 5.63. The highest BCUT2D eigenvalue weighted by Crippen LogP contribution is 2.43. The van der Waals surface area contributed by atoms with Crippen molar-refractivity contribution in [3.8, 4) is 0 Å². The molecule has 2 atom stereocenters. The number of hydrogen-bond donors (Lipinski definition) is 1. The van der Waals surface area contributed by atoms with Gasteiger partial charge in [0, 0.05) is 24.7 Å². The summed E-state index contributed by atoms with van der Waals surface area (Å²) in [5.41, 5.74) is 0.273. The fourth-order valence-electron chi connectivity index (χ4n) is 4.26. The molecule has 1 N–H and O–H groups in total. The zero-order valence-electron chi connectivity index (χ0n) is 15.2. The first-order valence-electron chi connectivity index (χ1n) is 8.90. The standard InChI is InChI=1S/C18H26ClN3O3S/c1-21-10-8-18(7-4-9-22(16(18)13-21)26(2,24)25)17(23)20-12-14-5-3-6-15(19)11-14/h3,5-6,11,16H,4,7-10,12-13H2,1-2H3,(H,20,23)/t16-,18-/m1/s1. The van der Waals surface area contributed by atoms with Gasteiger partial charge in [-0.3, -0.25) is 4.79 Å². The molecule has 1 aromatic rings. The second-order valence-electron chi connectivity index (χ2n) is 7.47. The number of benzene rings is 1. The molecule has 0 aromatic heterocycles. The smallest absolute Gasteiger partial charge is 0.228 e. The summed E-state index contributed by atoms with van der Waals surface area (Å²) in [6.07, 6.45) is 3.33. The average molecular weight is 400 g/mol. The van der Waals surface area contributed by atoms with E-state index in [-0.39, 0.29) is 11.9 Å². The number of sulfonamides is 1. The van der Waals surface area contributed by atoms with Crippen molar-refractivity contribution in [2.75, 3.05) is 32.9 Å². The highest BCUT2D eigenvalue weighted by Gasteiger charge is 2.54. The van der Waals surface area contributed by atoms with Gasteiger partial charge in [-0.15, -0.1) is 0 Å². The lowest BCUT2D eigenvalue weighted by Crippen LogP contribution is -2.66. The normalized spacial score (nSPS) is 27.7. The number of piperidine rings is 2. The van der Waals surface area contributed by atoms with Gasteiger partial charge in [-0.2, -0.15) is 4.31 Å². The molecular weight excluding hydrogens is 374 g/mol. The van der Waals surface area contributed by atoms with E-state index in [1.54, 1.807) is 6.07 Å². The molecular formula is C18H26ClN3O3S. The first kappa shape index (κ1) is 19.6. The van der Waals surface area contributed by atoms with E-state index in [0.29, 0.717) is 37.5 Å². The van der Waals surface area contributed by atoms with Gasteiger partial charge in [0.2, 0.25) is 15.9 Å². The van der Waals surface area contributed by atoms with Crippen LogP contribution in [0.25, 0.3) is 0 Å². The molecule has 2 aliphatic heterocycles. The van der Waals surface area contributed by atoms with E-state index in [4.69, 9.17) is 11.6 Å². The van der Waals surface area contributed by atoms with Gasteiger partial charge in [0.1, 0.15) is 0 Å². The molecule has 144 valence electrons. The number of hydrogen-bond acceptors (Lipinski definition) is 4. The summed E-state index contributed by atoms with van der Waals surface area (Å²) in [6, 6.07) is 7.08. The molecule has 1 amide bonds. The third-order valence-electron chi connectivity index (χ3n) is 5.63. The lowest BCUT2D eigenvalue weighted by atomic mass is 9.68. The van der Waals surface area contributed by atoms with Gasteiger partial charge in [-0.25, -0.2) is 8.42 Å². The summed E-state index contributed by atoms with van der Waals surface area (Å²) in [7, 11) is -1.38. The third kappa shape index (κ3) is 3.91. The molecule has 8 heteroatoms. The molecule has 6 nitrogen and oxygen atoms in total. The molecule has 1 aromatic carbocycles. The predicted molar refractivity (Wildman–Crippen MR) is 102 cm³/mol. The van der Waals surface area contributed by atoms with Crippen LogP contribution in [0.15, 0.2) is 24.3 Å². The molecule has 26 heavy (non-hydrogen) atoms. The molecule has 0 aliphatic carbocycles. The van der Waals surface area contributed by atoms with Crippen LogP contribution < -0.4 is 5.32 Å². The maximum Gasteiger partial charge on any atom is 0.228 e. The van der Waals surface area contributed by atoms with Crippen LogP contribution in [0.4, 0.5) is 0 Å².